The highest BCUT2D eigenvalue weighted by Gasteiger charge is 2.53. The van der Waals surface area contributed by atoms with E-state index in [-0.39, 0.29) is 5.54 Å². The summed E-state index contributed by atoms with van der Waals surface area (Å²) < 4.78 is 0. The number of rotatable bonds is 4. The van der Waals surface area contributed by atoms with Crippen molar-refractivity contribution in [3.8, 4) is 0 Å². The van der Waals surface area contributed by atoms with Crippen LogP contribution in [0.4, 0.5) is 0 Å². The van der Waals surface area contributed by atoms with Crippen molar-refractivity contribution >= 4 is 5.96 Å². The average Bonchev–Trinajstić information content (AvgIpc) is 2.88. The first kappa shape index (κ1) is 16.6. The van der Waals surface area contributed by atoms with Gasteiger partial charge in [-0.2, -0.15) is 0 Å². The summed E-state index contributed by atoms with van der Waals surface area (Å²) in [6.45, 7) is 19.1. The minimum absolute atomic E-state index is 0.175. The molecule has 0 radical (unpaired) electrons. The Morgan fingerprint density at radius 1 is 1.24 bits per heavy atom. The van der Waals surface area contributed by atoms with Gasteiger partial charge < -0.3 is 10.2 Å². The fourth-order valence-electron chi connectivity index (χ4n) is 3.50. The lowest BCUT2D eigenvalue weighted by Gasteiger charge is -2.62. The Morgan fingerprint density at radius 3 is 2.48 bits per heavy atom. The number of hydrogen-bond donors (Lipinski definition) is 1. The van der Waals surface area contributed by atoms with Gasteiger partial charge in [-0.15, -0.1) is 0 Å². The van der Waals surface area contributed by atoms with Crippen molar-refractivity contribution in [2.45, 2.75) is 66.0 Å². The molecule has 2 fully saturated rings. The Hall–Kier alpha value is -0.770. The molecule has 2 saturated heterocycles. The lowest BCUT2D eigenvalue weighted by molar-refractivity contribution is -0.0668. The zero-order valence-corrected chi connectivity index (χ0v) is 14.9. The van der Waals surface area contributed by atoms with Gasteiger partial charge in [0.15, 0.2) is 5.96 Å². The molecule has 0 aliphatic carbocycles. The number of aliphatic imine (C=N–C) groups is 1. The molecule has 0 saturated carbocycles. The van der Waals surface area contributed by atoms with Crippen molar-refractivity contribution in [1.82, 2.24) is 15.1 Å². The molecule has 0 amide bonds. The minimum Gasteiger partial charge on any atom is -0.356 e. The van der Waals surface area contributed by atoms with Crippen molar-refractivity contribution in [3.63, 3.8) is 0 Å². The van der Waals surface area contributed by atoms with E-state index in [2.05, 4.69) is 56.7 Å². The van der Waals surface area contributed by atoms with E-state index in [1.54, 1.807) is 0 Å². The van der Waals surface area contributed by atoms with Crippen LogP contribution in [0.15, 0.2) is 4.99 Å². The number of guanidine groups is 1. The fraction of sp³-hybridized carbons (Fsp3) is 0.941. The van der Waals surface area contributed by atoms with E-state index in [1.165, 1.54) is 19.4 Å². The second kappa shape index (κ2) is 6.15. The Labute approximate surface area is 131 Å². The van der Waals surface area contributed by atoms with Crippen LogP contribution in [0, 0.1) is 5.41 Å². The van der Waals surface area contributed by atoms with Crippen molar-refractivity contribution in [2.75, 3.05) is 32.7 Å². The van der Waals surface area contributed by atoms with Gasteiger partial charge in [-0.05, 0) is 46.7 Å². The third-order valence-corrected chi connectivity index (χ3v) is 5.83. The van der Waals surface area contributed by atoms with Crippen LogP contribution in [0.3, 0.4) is 0 Å². The monoisotopic (exact) mass is 294 g/mol. The lowest BCUT2D eigenvalue weighted by atomic mass is 9.65. The molecule has 2 aliphatic rings. The molecule has 2 rings (SSSR count). The minimum atomic E-state index is 0.175. The highest BCUT2D eigenvalue weighted by atomic mass is 15.4. The number of hydrogen-bond acceptors (Lipinski definition) is 2. The van der Waals surface area contributed by atoms with E-state index in [9.17, 15) is 0 Å². The van der Waals surface area contributed by atoms with Gasteiger partial charge in [0.1, 0.15) is 0 Å². The normalized spacial score (nSPS) is 28.6. The van der Waals surface area contributed by atoms with E-state index in [0.717, 1.165) is 32.1 Å². The Balaban J connectivity index is 2.04. The first-order valence-electron chi connectivity index (χ1n) is 8.63. The number of nitrogens with one attached hydrogen (secondary N) is 1. The first-order chi connectivity index (χ1) is 9.83. The van der Waals surface area contributed by atoms with E-state index in [1.807, 2.05) is 0 Å². The molecule has 21 heavy (non-hydrogen) atoms. The summed E-state index contributed by atoms with van der Waals surface area (Å²) in [5.41, 5.74) is 0.528. The summed E-state index contributed by atoms with van der Waals surface area (Å²) in [5, 5.41) is 3.49. The van der Waals surface area contributed by atoms with Crippen molar-refractivity contribution in [1.29, 1.82) is 0 Å². The Morgan fingerprint density at radius 2 is 1.95 bits per heavy atom. The molecule has 0 bridgehead atoms. The van der Waals surface area contributed by atoms with Gasteiger partial charge >= 0.3 is 0 Å². The van der Waals surface area contributed by atoms with Gasteiger partial charge in [-0.25, -0.2) is 0 Å². The van der Waals surface area contributed by atoms with Gasteiger partial charge in [0.2, 0.25) is 0 Å². The van der Waals surface area contributed by atoms with Crippen LogP contribution in [0.2, 0.25) is 0 Å². The predicted octanol–water partition coefficient (Wildman–Crippen LogP) is 2.56. The molecule has 1 unspecified atom stereocenters. The highest BCUT2D eigenvalue weighted by Crippen LogP contribution is 2.46. The first-order valence-corrected chi connectivity index (χ1v) is 8.63. The van der Waals surface area contributed by atoms with Crippen LogP contribution >= 0.6 is 0 Å². The zero-order valence-electron chi connectivity index (χ0n) is 14.9. The van der Waals surface area contributed by atoms with Gasteiger partial charge in [-0.3, -0.25) is 9.89 Å². The van der Waals surface area contributed by atoms with Crippen molar-refractivity contribution in [3.05, 3.63) is 0 Å². The predicted molar refractivity (Wildman–Crippen MR) is 90.8 cm³/mol. The van der Waals surface area contributed by atoms with Gasteiger partial charge in [0.25, 0.3) is 0 Å². The summed E-state index contributed by atoms with van der Waals surface area (Å²) in [7, 11) is 0. The largest absolute Gasteiger partial charge is 0.356 e. The third kappa shape index (κ3) is 3.05. The smallest absolute Gasteiger partial charge is 0.194 e. The molecule has 4 heteroatoms. The topological polar surface area (TPSA) is 30.9 Å². The molecular formula is C17H34N4. The van der Waals surface area contributed by atoms with Gasteiger partial charge in [0.05, 0.1) is 6.54 Å². The van der Waals surface area contributed by atoms with E-state index < -0.39 is 0 Å². The molecule has 0 spiro atoms. The molecule has 1 N–H and O–H groups in total. The van der Waals surface area contributed by atoms with E-state index in [4.69, 9.17) is 4.99 Å². The zero-order chi connectivity index (χ0) is 15.7. The fourth-order valence-corrected chi connectivity index (χ4v) is 3.50. The lowest BCUT2D eigenvalue weighted by Crippen LogP contribution is -2.72. The summed E-state index contributed by atoms with van der Waals surface area (Å²) in [5.74, 6) is 1.10. The standard InChI is InChI=1S/C17H34N4/c1-7-18-15(21-13-16(3,4)17(21,5)6)19-12-14-10-9-11-20(14)8-2/h14H,7-13H2,1-6H3,(H,18,19). The molecule has 1 atom stereocenters. The molecule has 4 nitrogen and oxygen atoms in total. The number of likely N-dealkylation sites (N-methyl/N-ethyl adjacent to an activating group) is 1. The molecule has 2 heterocycles. The van der Waals surface area contributed by atoms with Crippen LogP contribution in [0.1, 0.15) is 54.4 Å². The van der Waals surface area contributed by atoms with Crippen LogP contribution < -0.4 is 5.32 Å². The number of nitrogens with zero attached hydrogens (tertiary/aromatic N) is 3. The second-order valence-electron chi connectivity index (χ2n) is 7.65. The maximum Gasteiger partial charge on any atom is 0.194 e. The molecule has 0 aromatic carbocycles. The maximum absolute atomic E-state index is 4.97. The number of likely N-dealkylation sites (tertiary alicyclic amines) is 2. The molecule has 2 aliphatic heterocycles. The van der Waals surface area contributed by atoms with Crippen LogP contribution in [0.25, 0.3) is 0 Å². The van der Waals surface area contributed by atoms with Crippen molar-refractivity contribution in [2.24, 2.45) is 10.4 Å². The Kier molecular flexibility index (Phi) is 4.86. The van der Waals surface area contributed by atoms with Gasteiger partial charge in [-0.1, -0.05) is 20.8 Å². The van der Waals surface area contributed by atoms with Crippen LogP contribution in [-0.4, -0.2) is 60.1 Å². The summed E-state index contributed by atoms with van der Waals surface area (Å²) >= 11 is 0. The molecule has 0 aromatic rings. The SMILES string of the molecule is CCNC(=NCC1CCCN1CC)N1CC(C)(C)C1(C)C. The van der Waals surface area contributed by atoms with E-state index in [0.29, 0.717) is 11.5 Å². The van der Waals surface area contributed by atoms with Crippen LogP contribution in [0.5, 0.6) is 0 Å². The van der Waals surface area contributed by atoms with E-state index >= 15 is 0 Å². The average molecular weight is 294 g/mol. The van der Waals surface area contributed by atoms with Gasteiger partial charge in [0, 0.05) is 30.1 Å². The summed E-state index contributed by atoms with van der Waals surface area (Å²) in [6, 6.07) is 0.640. The summed E-state index contributed by atoms with van der Waals surface area (Å²) in [6.07, 6.45) is 2.62. The van der Waals surface area contributed by atoms with Crippen LogP contribution in [-0.2, 0) is 0 Å². The molecule has 0 aromatic heterocycles. The Bertz CT molecular complexity index is 386. The van der Waals surface area contributed by atoms with Crippen molar-refractivity contribution < 1.29 is 0 Å². The summed E-state index contributed by atoms with van der Waals surface area (Å²) in [4.78, 5) is 9.98. The molecular weight excluding hydrogens is 260 g/mol. The quantitative estimate of drug-likeness (QED) is 0.638. The highest BCUT2D eigenvalue weighted by molar-refractivity contribution is 5.82. The maximum atomic E-state index is 4.97. The third-order valence-electron chi connectivity index (χ3n) is 5.83. The second-order valence-corrected chi connectivity index (χ2v) is 7.65. The molecule has 122 valence electrons.